The number of halogens is 1. The smallest absolute Gasteiger partial charge is 0.262 e. The van der Waals surface area contributed by atoms with E-state index in [9.17, 15) is 24.0 Å². The topological polar surface area (TPSA) is 124 Å². The van der Waals surface area contributed by atoms with E-state index in [1.165, 1.54) is 5.56 Å². The van der Waals surface area contributed by atoms with Crippen LogP contribution in [0.3, 0.4) is 0 Å². The molecule has 13 heteroatoms. The molecule has 1 unspecified atom stereocenters. The molecule has 5 aliphatic heterocycles. The lowest BCUT2D eigenvalue weighted by molar-refractivity contribution is -0.136. The summed E-state index contributed by atoms with van der Waals surface area (Å²) in [7, 11) is 0. The molecule has 12 nitrogen and oxygen atoms in total. The summed E-state index contributed by atoms with van der Waals surface area (Å²) >= 11 is 6.16. The van der Waals surface area contributed by atoms with Gasteiger partial charge in [-0.1, -0.05) is 29.8 Å². The maximum atomic E-state index is 13.3. The second-order valence-electron chi connectivity index (χ2n) is 16.8. The number of likely N-dealkylation sites (tertiary alicyclic amines) is 2. The number of piperidine rings is 3. The molecule has 3 aromatic carbocycles. The molecule has 1 aliphatic carbocycles. The van der Waals surface area contributed by atoms with E-state index in [1.54, 1.807) is 30.3 Å². The summed E-state index contributed by atoms with van der Waals surface area (Å²) in [4.78, 5) is 75.0. The first-order valence-corrected chi connectivity index (χ1v) is 20.5. The molecular weight excluding hydrogens is 744 g/mol. The summed E-state index contributed by atoms with van der Waals surface area (Å²) in [5.41, 5.74) is 4.15. The maximum Gasteiger partial charge on any atom is 0.262 e. The van der Waals surface area contributed by atoms with Crippen molar-refractivity contribution >= 4 is 52.5 Å². The number of nitrogens with one attached hydrogen (secondary N) is 1. The fourth-order valence-corrected chi connectivity index (χ4v) is 10.1. The van der Waals surface area contributed by atoms with Crippen LogP contribution in [0.5, 0.6) is 5.75 Å². The lowest BCUT2D eigenvalue weighted by atomic mass is 9.61. The van der Waals surface area contributed by atoms with Crippen molar-refractivity contribution in [3.05, 3.63) is 99.4 Å². The molecule has 0 aromatic heterocycles. The molecule has 3 aromatic rings. The summed E-state index contributed by atoms with van der Waals surface area (Å²) in [5.74, 6) is -0.0922. The molecule has 1 spiro atoms. The Kier molecular flexibility index (Phi) is 9.77. The highest BCUT2D eigenvalue weighted by Crippen LogP contribution is 2.50. The minimum absolute atomic E-state index is 0.0927. The molecule has 1 N–H and O–H groups in total. The van der Waals surface area contributed by atoms with E-state index >= 15 is 0 Å². The first-order valence-electron chi connectivity index (χ1n) is 20.1. The Morgan fingerprint density at radius 3 is 2.26 bits per heavy atom. The third-order valence-corrected chi connectivity index (χ3v) is 13.4. The number of nitrogens with zero attached hydrogens (tertiary/aromatic N) is 5. The quantitative estimate of drug-likeness (QED) is 0.216. The number of carbonyl (C=O) groups excluding carboxylic acids is 5. The van der Waals surface area contributed by atoms with Gasteiger partial charge in [0.15, 0.2) is 0 Å². The summed E-state index contributed by atoms with van der Waals surface area (Å²) < 4.78 is 6.09. The van der Waals surface area contributed by atoms with Crippen molar-refractivity contribution in [1.29, 1.82) is 0 Å². The average Bonchev–Trinajstić information content (AvgIpc) is 3.43. The van der Waals surface area contributed by atoms with Crippen LogP contribution >= 0.6 is 11.6 Å². The number of amides is 5. The van der Waals surface area contributed by atoms with Crippen molar-refractivity contribution in [2.75, 3.05) is 50.7 Å². The predicted octanol–water partition coefficient (Wildman–Crippen LogP) is 6.07. The summed E-state index contributed by atoms with van der Waals surface area (Å²) in [6, 6.07) is 17.9. The summed E-state index contributed by atoms with van der Waals surface area (Å²) in [6.45, 7) is 13.6. The second kappa shape index (κ2) is 14.9. The zero-order valence-electron chi connectivity index (χ0n) is 31.8. The molecule has 0 radical (unpaired) electrons. The van der Waals surface area contributed by atoms with Crippen LogP contribution in [0.4, 0.5) is 11.4 Å². The van der Waals surface area contributed by atoms with E-state index in [0.29, 0.717) is 39.4 Å². The zero-order valence-corrected chi connectivity index (χ0v) is 32.5. The van der Waals surface area contributed by atoms with E-state index in [0.717, 1.165) is 100 Å². The SMILES string of the molecule is [C-]#[N+]c1ccc(OC2CC3(C2)CN(C(=O)c2ccc(C4CCN(CC5CCN(c6ccc7c(c6)C(=O)N(C6CCC(=O)NC6=O)C7=O)CC5)CC4)cc2)C3)cc1Cl. The first-order chi connectivity index (χ1) is 27.6. The second-order valence-corrected chi connectivity index (χ2v) is 17.2. The van der Waals surface area contributed by atoms with Crippen molar-refractivity contribution in [2.45, 2.75) is 69.4 Å². The molecule has 0 bridgehead atoms. The van der Waals surface area contributed by atoms with Gasteiger partial charge in [-0.2, -0.15) is 0 Å². The Morgan fingerprint density at radius 1 is 0.860 bits per heavy atom. The minimum atomic E-state index is -0.964. The number of carbonyl (C=O) groups is 5. The van der Waals surface area contributed by atoms with Crippen molar-refractivity contribution in [1.82, 2.24) is 20.0 Å². The highest BCUT2D eigenvalue weighted by molar-refractivity contribution is 6.33. The van der Waals surface area contributed by atoms with Gasteiger partial charge >= 0.3 is 0 Å². The van der Waals surface area contributed by atoms with Crippen LogP contribution in [0.2, 0.25) is 5.02 Å². The number of hydrogen-bond donors (Lipinski definition) is 1. The lowest BCUT2D eigenvalue weighted by Gasteiger charge is -2.58. The molecule has 294 valence electrons. The van der Waals surface area contributed by atoms with Crippen molar-refractivity contribution in [3.8, 4) is 5.75 Å². The maximum absolute atomic E-state index is 13.3. The molecule has 9 rings (SSSR count). The number of ether oxygens (including phenoxy) is 1. The van der Waals surface area contributed by atoms with Gasteiger partial charge < -0.3 is 19.4 Å². The van der Waals surface area contributed by atoms with Crippen LogP contribution in [0.25, 0.3) is 4.85 Å². The van der Waals surface area contributed by atoms with Crippen LogP contribution in [0.1, 0.15) is 93.9 Å². The molecular formula is C44H45ClN6O6. The minimum Gasteiger partial charge on any atom is -0.490 e. The van der Waals surface area contributed by atoms with Gasteiger partial charge in [0.2, 0.25) is 17.5 Å². The Morgan fingerprint density at radius 2 is 1.58 bits per heavy atom. The zero-order chi connectivity index (χ0) is 39.4. The highest BCUT2D eigenvalue weighted by Gasteiger charge is 2.55. The van der Waals surface area contributed by atoms with Gasteiger partial charge in [0.25, 0.3) is 17.7 Å². The molecule has 5 fully saturated rings. The number of benzene rings is 3. The molecule has 6 aliphatic rings. The van der Waals surface area contributed by atoms with Gasteiger partial charge in [0.1, 0.15) is 17.9 Å². The summed E-state index contributed by atoms with van der Waals surface area (Å²) in [5, 5.41) is 2.65. The molecule has 4 saturated heterocycles. The molecule has 5 heterocycles. The molecule has 57 heavy (non-hydrogen) atoms. The van der Waals surface area contributed by atoms with Gasteiger partial charge in [0, 0.05) is 55.8 Å². The lowest BCUT2D eigenvalue weighted by Crippen LogP contribution is -2.65. The number of anilines is 1. The fraction of sp³-hybridized carbons (Fsp3) is 0.455. The van der Waals surface area contributed by atoms with Crippen LogP contribution in [0.15, 0.2) is 60.7 Å². The van der Waals surface area contributed by atoms with E-state index in [-0.39, 0.29) is 36.2 Å². The van der Waals surface area contributed by atoms with Crippen molar-refractivity contribution in [3.63, 3.8) is 0 Å². The normalized spacial score (nSPS) is 22.9. The average molecular weight is 789 g/mol. The number of fused-ring (bicyclic) bond motifs is 1. The van der Waals surface area contributed by atoms with E-state index < -0.39 is 23.8 Å². The Labute approximate surface area is 336 Å². The number of rotatable bonds is 8. The standard InChI is InChI=1S/C44H45ClN6O6/c1-46-37-9-7-32(21-36(37)45)57-33-22-44(23-33)25-50(26-44)41(54)30-4-2-28(3-5-30)29-14-16-48(17-15-29)24-27-12-18-49(19-13-27)31-6-8-34-35(20-31)43(56)51(42(34)55)38-10-11-39(52)47-40(38)53/h2-9,20-21,27,29,33,38H,10-19,22-26H2,(H,47,52,53). The van der Waals surface area contributed by atoms with Crippen LogP contribution in [0, 0.1) is 17.9 Å². The van der Waals surface area contributed by atoms with Gasteiger partial charge in [-0.15, -0.1) is 0 Å². The van der Waals surface area contributed by atoms with E-state index in [4.69, 9.17) is 22.9 Å². The highest BCUT2D eigenvalue weighted by atomic mass is 35.5. The summed E-state index contributed by atoms with van der Waals surface area (Å²) in [6.07, 6.45) is 6.44. The Hall–Kier alpha value is -5.25. The first kappa shape index (κ1) is 37.3. The van der Waals surface area contributed by atoms with E-state index in [2.05, 4.69) is 32.1 Å². The number of hydrogen-bond acceptors (Lipinski definition) is 8. The number of imide groups is 2. The van der Waals surface area contributed by atoms with Crippen molar-refractivity contribution < 1.29 is 28.7 Å². The van der Waals surface area contributed by atoms with Crippen molar-refractivity contribution in [2.24, 2.45) is 11.3 Å². The molecule has 5 amide bonds. The molecule has 1 saturated carbocycles. The fourth-order valence-electron chi connectivity index (χ4n) is 9.92. The van der Waals surface area contributed by atoms with E-state index in [1.807, 2.05) is 23.1 Å². The van der Waals surface area contributed by atoms with Gasteiger partial charge in [0.05, 0.1) is 22.7 Å². The van der Waals surface area contributed by atoms with Crippen LogP contribution in [-0.4, -0.2) is 102 Å². The Balaban J connectivity index is 0.700. The third kappa shape index (κ3) is 7.16. The van der Waals surface area contributed by atoms with Gasteiger partial charge in [-0.3, -0.25) is 34.2 Å². The Bertz CT molecular complexity index is 2170. The van der Waals surface area contributed by atoms with Gasteiger partial charge in [-0.25, -0.2) is 4.85 Å². The van der Waals surface area contributed by atoms with Crippen LogP contribution in [-0.2, 0) is 9.59 Å². The monoisotopic (exact) mass is 788 g/mol. The predicted molar refractivity (Wildman–Crippen MR) is 213 cm³/mol. The largest absolute Gasteiger partial charge is 0.490 e. The van der Waals surface area contributed by atoms with Gasteiger partial charge in [-0.05, 0) is 118 Å². The van der Waals surface area contributed by atoms with Crippen LogP contribution < -0.4 is 15.0 Å². The molecule has 1 atom stereocenters. The third-order valence-electron chi connectivity index (χ3n) is 13.1.